The maximum Gasteiger partial charge on any atom is 0.261 e. The molecule has 27 heavy (non-hydrogen) atoms. The molecule has 0 aliphatic carbocycles. The minimum atomic E-state index is -0.653. The Hall–Kier alpha value is -2.73. The summed E-state index contributed by atoms with van der Waals surface area (Å²) in [5.41, 5.74) is 0.873. The van der Waals surface area contributed by atoms with Gasteiger partial charge in [-0.05, 0) is 36.8 Å². The summed E-state index contributed by atoms with van der Waals surface area (Å²) in [7, 11) is 3.12. The number of amides is 2. The Morgan fingerprint density at radius 3 is 2.41 bits per heavy atom. The van der Waals surface area contributed by atoms with Crippen LogP contribution >= 0.6 is 11.6 Å². The van der Waals surface area contributed by atoms with Gasteiger partial charge < -0.3 is 19.7 Å². The summed E-state index contributed by atoms with van der Waals surface area (Å²) in [4.78, 5) is 26.3. The molecule has 0 bridgehead atoms. The van der Waals surface area contributed by atoms with E-state index in [1.54, 1.807) is 38.3 Å². The lowest BCUT2D eigenvalue weighted by Crippen LogP contribution is -2.48. The Balaban J connectivity index is 2.13. The average Bonchev–Trinajstić information content (AvgIpc) is 2.70. The predicted molar refractivity (Wildman–Crippen MR) is 104 cm³/mol. The number of hydrogen-bond donors (Lipinski definition) is 1. The van der Waals surface area contributed by atoms with Gasteiger partial charge in [0.25, 0.3) is 5.91 Å². The molecule has 0 saturated carbocycles. The summed E-state index contributed by atoms with van der Waals surface area (Å²) in [5.74, 6) is 0.569. The zero-order chi connectivity index (χ0) is 19.8. The van der Waals surface area contributed by atoms with Crippen LogP contribution in [0.2, 0.25) is 5.02 Å². The zero-order valence-electron chi connectivity index (χ0n) is 15.6. The number of para-hydroxylation sites is 1. The molecule has 7 heteroatoms. The molecule has 0 fully saturated rings. The van der Waals surface area contributed by atoms with Crippen molar-refractivity contribution in [2.24, 2.45) is 0 Å². The van der Waals surface area contributed by atoms with Crippen molar-refractivity contribution in [1.29, 1.82) is 0 Å². The summed E-state index contributed by atoms with van der Waals surface area (Å²) in [6.07, 6.45) is 0. The normalized spacial score (nSPS) is 11.4. The minimum Gasteiger partial charge on any atom is -0.497 e. The molecular weight excluding hydrogens is 368 g/mol. The Kier molecular flexibility index (Phi) is 7.49. The number of nitrogens with zero attached hydrogens (tertiary/aromatic N) is 1. The molecule has 0 aliphatic heterocycles. The van der Waals surface area contributed by atoms with Crippen LogP contribution in [0.4, 0.5) is 0 Å². The highest BCUT2D eigenvalue weighted by Crippen LogP contribution is 2.23. The lowest BCUT2D eigenvalue weighted by atomic mass is 10.1. The first-order chi connectivity index (χ1) is 13.0. The summed E-state index contributed by atoms with van der Waals surface area (Å²) in [6.45, 7) is 1.72. The van der Waals surface area contributed by atoms with Crippen molar-refractivity contribution < 1.29 is 19.1 Å². The number of carbonyl (C=O) groups is 2. The van der Waals surface area contributed by atoms with E-state index in [9.17, 15) is 9.59 Å². The lowest BCUT2D eigenvalue weighted by Gasteiger charge is -2.28. The largest absolute Gasteiger partial charge is 0.497 e. The van der Waals surface area contributed by atoms with Crippen LogP contribution in [0.1, 0.15) is 12.5 Å². The van der Waals surface area contributed by atoms with Crippen LogP contribution in [0, 0.1) is 0 Å². The van der Waals surface area contributed by atoms with E-state index < -0.39 is 6.04 Å². The van der Waals surface area contributed by atoms with Gasteiger partial charge in [-0.1, -0.05) is 35.9 Å². The molecule has 2 aromatic rings. The molecule has 0 saturated heterocycles. The molecule has 0 aromatic heterocycles. The van der Waals surface area contributed by atoms with Crippen LogP contribution in [-0.2, 0) is 16.1 Å². The van der Waals surface area contributed by atoms with Gasteiger partial charge in [0, 0.05) is 13.6 Å². The number of nitrogens with one attached hydrogen (secondary N) is 1. The molecule has 0 spiro atoms. The maximum atomic E-state index is 12.8. The molecule has 0 aliphatic rings. The Labute approximate surface area is 164 Å². The molecule has 2 amide bonds. The smallest absolute Gasteiger partial charge is 0.261 e. The van der Waals surface area contributed by atoms with Crippen LogP contribution < -0.4 is 14.8 Å². The standard InChI is InChI=1S/C20H23ClN2O4/c1-14(20(25)22-2)23(12-15-8-10-16(26-3)11-9-15)19(24)13-27-18-7-5-4-6-17(18)21/h4-11,14H,12-13H2,1-3H3,(H,22,25)/t14-/m1/s1. The van der Waals surface area contributed by atoms with E-state index in [2.05, 4.69) is 5.32 Å². The molecule has 0 radical (unpaired) electrons. The number of ether oxygens (including phenoxy) is 2. The fourth-order valence-electron chi connectivity index (χ4n) is 2.50. The number of halogens is 1. The summed E-state index contributed by atoms with van der Waals surface area (Å²) in [5, 5.41) is 2.99. The van der Waals surface area contributed by atoms with E-state index in [0.29, 0.717) is 10.8 Å². The van der Waals surface area contributed by atoms with E-state index >= 15 is 0 Å². The molecule has 1 atom stereocenters. The van der Waals surface area contributed by atoms with Gasteiger partial charge in [-0.15, -0.1) is 0 Å². The highest BCUT2D eigenvalue weighted by atomic mass is 35.5. The molecule has 0 heterocycles. The van der Waals surface area contributed by atoms with Crippen LogP contribution in [0.25, 0.3) is 0 Å². The molecule has 0 unspecified atom stereocenters. The summed E-state index contributed by atoms with van der Waals surface area (Å²) < 4.78 is 10.7. The van der Waals surface area contributed by atoms with Crippen molar-refractivity contribution in [2.45, 2.75) is 19.5 Å². The number of benzene rings is 2. The summed E-state index contributed by atoms with van der Waals surface area (Å²) >= 11 is 6.06. The number of methoxy groups -OCH3 is 1. The SMILES string of the molecule is CNC(=O)[C@@H](C)N(Cc1ccc(OC)cc1)C(=O)COc1ccccc1Cl. The maximum absolute atomic E-state index is 12.8. The van der Waals surface area contributed by atoms with Gasteiger partial charge >= 0.3 is 0 Å². The molecular formula is C20H23ClN2O4. The average molecular weight is 391 g/mol. The number of likely N-dealkylation sites (N-methyl/N-ethyl adjacent to an activating group) is 1. The fraction of sp³-hybridized carbons (Fsp3) is 0.300. The van der Waals surface area contributed by atoms with Crippen molar-refractivity contribution in [3.8, 4) is 11.5 Å². The van der Waals surface area contributed by atoms with Crippen molar-refractivity contribution in [3.05, 3.63) is 59.1 Å². The second kappa shape index (κ2) is 9.83. The predicted octanol–water partition coefficient (Wildman–Crippen LogP) is 2.89. The van der Waals surface area contributed by atoms with Crippen molar-refractivity contribution >= 4 is 23.4 Å². The van der Waals surface area contributed by atoms with Gasteiger partial charge in [0.15, 0.2) is 6.61 Å². The van der Waals surface area contributed by atoms with Gasteiger partial charge in [-0.3, -0.25) is 9.59 Å². The van der Waals surface area contributed by atoms with Crippen molar-refractivity contribution in [2.75, 3.05) is 20.8 Å². The highest BCUT2D eigenvalue weighted by Gasteiger charge is 2.26. The first-order valence-electron chi connectivity index (χ1n) is 8.47. The number of rotatable bonds is 8. The van der Waals surface area contributed by atoms with Crippen LogP contribution in [-0.4, -0.2) is 43.5 Å². The Morgan fingerprint density at radius 1 is 1.15 bits per heavy atom. The molecule has 2 aromatic carbocycles. The molecule has 6 nitrogen and oxygen atoms in total. The monoisotopic (exact) mass is 390 g/mol. The Morgan fingerprint density at radius 2 is 1.81 bits per heavy atom. The molecule has 144 valence electrons. The summed E-state index contributed by atoms with van der Waals surface area (Å²) in [6, 6.07) is 13.6. The van der Waals surface area contributed by atoms with Crippen LogP contribution in [0.3, 0.4) is 0 Å². The van der Waals surface area contributed by atoms with Crippen LogP contribution in [0.15, 0.2) is 48.5 Å². The van der Waals surface area contributed by atoms with E-state index in [4.69, 9.17) is 21.1 Å². The van der Waals surface area contributed by atoms with Gasteiger partial charge in [0.2, 0.25) is 5.91 Å². The highest BCUT2D eigenvalue weighted by molar-refractivity contribution is 6.32. The second-order valence-electron chi connectivity index (χ2n) is 5.88. The first kappa shape index (κ1) is 20.6. The first-order valence-corrected chi connectivity index (χ1v) is 8.85. The third-order valence-electron chi connectivity index (χ3n) is 4.11. The zero-order valence-corrected chi connectivity index (χ0v) is 16.3. The minimum absolute atomic E-state index is 0.221. The second-order valence-corrected chi connectivity index (χ2v) is 6.29. The quantitative estimate of drug-likeness (QED) is 0.752. The van der Waals surface area contributed by atoms with E-state index in [0.717, 1.165) is 11.3 Å². The van der Waals surface area contributed by atoms with Crippen molar-refractivity contribution in [3.63, 3.8) is 0 Å². The van der Waals surface area contributed by atoms with E-state index in [-0.39, 0.29) is 25.0 Å². The molecule has 1 N–H and O–H groups in total. The van der Waals surface area contributed by atoms with E-state index in [1.165, 1.54) is 11.9 Å². The lowest BCUT2D eigenvalue weighted by molar-refractivity contribution is -0.142. The topological polar surface area (TPSA) is 67.9 Å². The van der Waals surface area contributed by atoms with Crippen LogP contribution in [0.5, 0.6) is 11.5 Å². The number of hydrogen-bond acceptors (Lipinski definition) is 4. The van der Waals surface area contributed by atoms with E-state index in [1.807, 2.05) is 24.3 Å². The van der Waals surface area contributed by atoms with Crippen molar-refractivity contribution in [1.82, 2.24) is 10.2 Å². The third-order valence-corrected chi connectivity index (χ3v) is 4.43. The number of carbonyl (C=O) groups excluding carboxylic acids is 2. The molecule has 2 rings (SSSR count). The van der Waals surface area contributed by atoms with Gasteiger partial charge in [0.1, 0.15) is 17.5 Å². The third kappa shape index (κ3) is 5.62. The Bertz CT molecular complexity index is 780. The fourth-order valence-corrected chi connectivity index (χ4v) is 2.69. The van der Waals surface area contributed by atoms with Gasteiger partial charge in [-0.2, -0.15) is 0 Å². The van der Waals surface area contributed by atoms with Gasteiger partial charge in [-0.25, -0.2) is 0 Å². The van der Waals surface area contributed by atoms with Gasteiger partial charge in [0.05, 0.1) is 12.1 Å².